The normalized spacial score (nSPS) is 29.7. The lowest BCUT2D eigenvalue weighted by molar-refractivity contribution is -0.278. The van der Waals surface area contributed by atoms with E-state index in [1.54, 1.807) is 12.1 Å². The first-order valence-corrected chi connectivity index (χ1v) is 15.3. The van der Waals surface area contributed by atoms with Gasteiger partial charge in [0.2, 0.25) is 23.8 Å². The first-order valence-electron chi connectivity index (χ1n) is 15.3. The molecule has 272 valence electrons. The Morgan fingerprint density at radius 2 is 1.44 bits per heavy atom. The highest BCUT2D eigenvalue weighted by Gasteiger charge is 2.46. The lowest BCUT2D eigenvalue weighted by Crippen LogP contribution is -2.60. The standard InChI is InChI=1S/C32H36O18/c1-12-22(37)25(40)27(42)31(46-12)50-30-24(39)21-16(33)9-15(10-17(21)48-29(30)13-3-5-14(44-2)6-4-13)47-32-28(43)26(41)23(38)18(49-32)11-45-20(36)8-7-19(34)35/h3-6,9-10,12,18,22-23,25-28,31-33,37-38,40-43H,7-8,11H2,1-2H3,(H,34,35)/t12-,18-,22-,23-,25-,26-,27-,28-,31-,32-/m0/s1. The first kappa shape index (κ1) is 36.7. The Morgan fingerprint density at radius 3 is 2.08 bits per heavy atom. The van der Waals surface area contributed by atoms with Crippen molar-refractivity contribution in [3.63, 3.8) is 0 Å². The highest BCUT2D eigenvalue weighted by Crippen LogP contribution is 2.38. The number of phenols is 1. The molecule has 0 unspecified atom stereocenters. The van der Waals surface area contributed by atoms with Crippen molar-refractivity contribution in [2.45, 2.75) is 81.2 Å². The molecule has 0 amide bonds. The Labute approximate surface area is 282 Å². The minimum Gasteiger partial charge on any atom is -0.507 e. The Balaban J connectivity index is 1.48. The molecule has 2 saturated heterocycles. The number of methoxy groups -OCH3 is 1. The van der Waals surface area contributed by atoms with E-state index in [2.05, 4.69) is 0 Å². The lowest BCUT2D eigenvalue weighted by atomic mass is 9.99. The molecule has 0 radical (unpaired) electrons. The fraction of sp³-hybridized carbons (Fsp3) is 0.469. The number of phenolic OH excluding ortho intramolecular Hbond substituents is 1. The number of aliphatic carboxylic acids is 1. The van der Waals surface area contributed by atoms with Gasteiger partial charge in [0.1, 0.15) is 77.6 Å². The maximum Gasteiger partial charge on any atom is 0.306 e. The molecule has 18 nitrogen and oxygen atoms in total. The summed E-state index contributed by atoms with van der Waals surface area (Å²) in [5, 5.41) is 81.6. The van der Waals surface area contributed by atoms with Gasteiger partial charge in [0, 0.05) is 17.7 Å². The summed E-state index contributed by atoms with van der Waals surface area (Å²) < 4.78 is 38.6. The van der Waals surface area contributed by atoms with E-state index in [1.165, 1.54) is 26.2 Å². The average molecular weight is 709 g/mol. The van der Waals surface area contributed by atoms with Crippen molar-refractivity contribution in [3.8, 4) is 34.3 Å². The number of hydrogen-bond acceptors (Lipinski definition) is 17. The SMILES string of the molecule is COc1ccc(-c2oc3cc(O[C@H]4O[C@@H](COC(=O)CCC(=O)O)[C@H](O)[C@H](O)[C@@H]4O)cc(O)c3c(=O)c2O[C@@H]2O[C@@H](C)[C@H](O)[C@H](O)[C@@H]2O)cc1. The Kier molecular flexibility index (Phi) is 11.1. The molecule has 1 aromatic heterocycles. The average Bonchev–Trinajstić information content (AvgIpc) is 3.09. The second-order valence-electron chi connectivity index (χ2n) is 11.6. The predicted octanol–water partition coefficient (Wildman–Crippen LogP) is -1.03. The minimum atomic E-state index is -1.86. The third kappa shape index (κ3) is 7.62. The first-order chi connectivity index (χ1) is 23.7. The molecule has 0 bridgehead atoms. The summed E-state index contributed by atoms with van der Waals surface area (Å²) in [7, 11) is 1.44. The van der Waals surface area contributed by atoms with E-state index in [0.717, 1.165) is 12.1 Å². The van der Waals surface area contributed by atoms with Crippen LogP contribution in [0.3, 0.4) is 0 Å². The molecule has 3 aromatic rings. The van der Waals surface area contributed by atoms with Gasteiger partial charge in [0.05, 0.1) is 26.1 Å². The number of carboxylic acid groups (broad SMARTS) is 1. The van der Waals surface area contributed by atoms with E-state index in [1.807, 2.05) is 0 Å². The van der Waals surface area contributed by atoms with E-state index < -0.39 is 115 Å². The number of esters is 1. The van der Waals surface area contributed by atoms with Crippen molar-refractivity contribution in [2.75, 3.05) is 13.7 Å². The zero-order valence-electron chi connectivity index (χ0n) is 26.5. The van der Waals surface area contributed by atoms with Gasteiger partial charge in [-0.3, -0.25) is 14.4 Å². The summed E-state index contributed by atoms with van der Waals surface area (Å²) in [4.78, 5) is 36.5. The van der Waals surface area contributed by atoms with Gasteiger partial charge in [-0.15, -0.1) is 0 Å². The number of rotatable bonds is 11. The van der Waals surface area contributed by atoms with Crippen LogP contribution in [0, 0.1) is 0 Å². The van der Waals surface area contributed by atoms with E-state index in [-0.39, 0.29) is 22.7 Å². The van der Waals surface area contributed by atoms with Crippen LogP contribution in [-0.2, 0) is 23.8 Å². The van der Waals surface area contributed by atoms with Crippen molar-refractivity contribution in [2.24, 2.45) is 0 Å². The van der Waals surface area contributed by atoms with Crippen LogP contribution in [0.2, 0.25) is 0 Å². The van der Waals surface area contributed by atoms with Crippen molar-refractivity contribution in [1.82, 2.24) is 0 Å². The topological polar surface area (TPSA) is 282 Å². The zero-order chi connectivity index (χ0) is 36.4. The summed E-state index contributed by atoms with van der Waals surface area (Å²) in [6.45, 7) is 0.782. The third-order valence-electron chi connectivity index (χ3n) is 8.17. The van der Waals surface area contributed by atoms with Crippen LogP contribution in [0.1, 0.15) is 19.8 Å². The molecular weight excluding hydrogens is 672 g/mol. The van der Waals surface area contributed by atoms with Gasteiger partial charge >= 0.3 is 11.9 Å². The smallest absolute Gasteiger partial charge is 0.306 e. The number of ether oxygens (including phenoxy) is 6. The summed E-state index contributed by atoms with van der Waals surface area (Å²) in [5.41, 5.74) is -0.956. The van der Waals surface area contributed by atoms with Gasteiger partial charge in [-0.1, -0.05) is 0 Å². The molecule has 2 aliphatic heterocycles. The molecule has 5 rings (SSSR count). The predicted molar refractivity (Wildman–Crippen MR) is 164 cm³/mol. The van der Waals surface area contributed by atoms with Gasteiger partial charge in [-0.05, 0) is 31.2 Å². The number of hydrogen-bond donors (Lipinski definition) is 8. The lowest BCUT2D eigenvalue weighted by Gasteiger charge is -2.39. The summed E-state index contributed by atoms with van der Waals surface area (Å²) in [5.74, 6) is -3.41. The van der Waals surface area contributed by atoms with Crippen LogP contribution in [-0.4, -0.2) is 128 Å². The maximum atomic E-state index is 13.9. The number of carbonyl (C=O) groups is 2. The van der Waals surface area contributed by atoms with Gasteiger partial charge < -0.3 is 73.7 Å². The molecule has 0 aliphatic carbocycles. The number of aliphatic hydroxyl groups is 6. The van der Waals surface area contributed by atoms with E-state index in [4.69, 9.17) is 37.9 Å². The van der Waals surface area contributed by atoms with E-state index in [9.17, 15) is 50.1 Å². The third-order valence-corrected chi connectivity index (χ3v) is 8.17. The van der Waals surface area contributed by atoms with Crippen molar-refractivity contribution >= 4 is 22.9 Å². The Morgan fingerprint density at radius 1 is 0.800 bits per heavy atom. The monoisotopic (exact) mass is 708 g/mol. The van der Waals surface area contributed by atoms with Gasteiger partial charge in [0.15, 0.2) is 5.76 Å². The van der Waals surface area contributed by atoms with Gasteiger partial charge in [-0.2, -0.15) is 0 Å². The van der Waals surface area contributed by atoms with Crippen LogP contribution >= 0.6 is 0 Å². The number of carboxylic acids is 1. The molecule has 8 N–H and O–H groups in total. The molecule has 0 saturated carbocycles. The minimum absolute atomic E-state index is 0.219. The molecule has 2 aliphatic rings. The van der Waals surface area contributed by atoms with Crippen molar-refractivity contribution in [1.29, 1.82) is 0 Å². The largest absolute Gasteiger partial charge is 0.507 e. The molecule has 50 heavy (non-hydrogen) atoms. The summed E-state index contributed by atoms with van der Waals surface area (Å²) >= 11 is 0. The quantitative estimate of drug-likeness (QED) is 0.111. The Hall–Kier alpha value is -4.53. The molecule has 10 atom stereocenters. The molecule has 0 spiro atoms. The number of aliphatic hydroxyl groups excluding tert-OH is 6. The maximum absolute atomic E-state index is 13.9. The fourth-order valence-corrected chi connectivity index (χ4v) is 5.33. The van der Waals surface area contributed by atoms with Crippen LogP contribution in [0.4, 0.5) is 0 Å². The van der Waals surface area contributed by atoms with Crippen LogP contribution in [0.5, 0.6) is 23.0 Å². The van der Waals surface area contributed by atoms with Crippen LogP contribution in [0.15, 0.2) is 45.6 Å². The zero-order valence-corrected chi connectivity index (χ0v) is 26.5. The number of benzene rings is 2. The summed E-state index contributed by atoms with van der Waals surface area (Å²) in [6, 6.07) is 8.24. The molecule has 2 aromatic carbocycles. The Bertz CT molecular complexity index is 1740. The fourth-order valence-electron chi connectivity index (χ4n) is 5.33. The second kappa shape index (κ2) is 15.2. The van der Waals surface area contributed by atoms with Gasteiger partial charge in [0.25, 0.3) is 0 Å². The van der Waals surface area contributed by atoms with E-state index in [0.29, 0.717) is 5.75 Å². The molecule has 2 fully saturated rings. The molecule has 18 heteroatoms. The molecule has 3 heterocycles. The summed E-state index contributed by atoms with van der Waals surface area (Å²) in [6.07, 6.45) is -17.2. The number of carbonyl (C=O) groups excluding carboxylic acids is 1. The van der Waals surface area contributed by atoms with Crippen LogP contribution in [0.25, 0.3) is 22.3 Å². The number of aromatic hydroxyl groups is 1. The second-order valence-corrected chi connectivity index (χ2v) is 11.6. The van der Waals surface area contributed by atoms with Crippen molar-refractivity contribution < 1.29 is 83.3 Å². The van der Waals surface area contributed by atoms with Crippen LogP contribution < -0.4 is 19.6 Å². The molecular formula is C32H36O18. The van der Waals surface area contributed by atoms with E-state index >= 15 is 0 Å². The van der Waals surface area contributed by atoms with Crippen molar-refractivity contribution in [3.05, 3.63) is 46.6 Å². The highest BCUT2D eigenvalue weighted by atomic mass is 16.7. The van der Waals surface area contributed by atoms with Gasteiger partial charge in [-0.25, -0.2) is 0 Å². The highest BCUT2D eigenvalue weighted by molar-refractivity contribution is 5.88. The number of fused-ring (bicyclic) bond motifs is 1.